The molecule has 0 spiro atoms. The van der Waals surface area contributed by atoms with E-state index >= 15 is 0 Å². The molecule has 1 aliphatic carbocycles. The zero-order valence-electron chi connectivity index (χ0n) is 11.3. The van der Waals surface area contributed by atoms with Gasteiger partial charge in [-0.05, 0) is 18.8 Å². The maximum Gasteiger partial charge on any atom is 0.404 e. The molecule has 0 aliphatic heterocycles. The number of carboxylic acid groups (broad SMARTS) is 1. The van der Waals surface area contributed by atoms with Gasteiger partial charge < -0.3 is 26.2 Å². The summed E-state index contributed by atoms with van der Waals surface area (Å²) in [6, 6.07) is -1.47. The summed E-state index contributed by atoms with van der Waals surface area (Å²) in [5.41, 5.74) is 4.76. The Morgan fingerprint density at radius 1 is 1.25 bits per heavy atom. The molecular formula is C12H21N3O5. The molecule has 1 saturated carbocycles. The lowest BCUT2D eigenvalue weighted by Gasteiger charge is -2.28. The monoisotopic (exact) mass is 287 g/mol. The zero-order valence-corrected chi connectivity index (χ0v) is 11.3. The van der Waals surface area contributed by atoms with E-state index in [4.69, 9.17) is 5.73 Å². The predicted octanol–water partition coefficient (Wildman–Crippen LogP) is 0.414. The van der Waals surface area contributed by atoms with Crippen LogP contribution in [0.5, 0.6) is 0 Å². The number of primary amides is 1. The standard InChI is InChI=1S/C12H21N3O5/c13-11(18)20-7-6-14-12(19)15-9(10(16)17)8-4-2-1-3-5-8/h8-9H,1-7H2,(H2,13,18)(H,16,17)(H2,14,15,19). The van der Waals surface area contributed by atoms with Gasteiger partial charge in [0, 0.05) is 0 Å². The van der Waals surface area contributed by atoms with Crippen LogP contribution < -0.4 is 16.4 Å². The summed E-state index contributed by atoms with van der Waals surface area (Å²) < 4.78 is 4.44. The normalized spacial score (nSPS) is 17.0. The number of hydrogen-bond donors (Lipinski definition) is 4. The molecule has 0 bridgehead atoms. The quantitative estimate of drug-likeness (QED) is 0.526. The molecule has 0 aromatic heterocycles. The number of hydrogen-bond acceptors (Lipinski definition) is 4. The highest BCUT2D eigenvalue weighted by molar-refractivity contribution is 5.82. The van der Waals surface area contributed by atoms with E-state index in [2.05, 4.69) is 15.4 Å². The molecule has 8 heteroatoms. The first-order valence-electron chi connectivity index (χ1n) is 6.70. The Kier molecular flexibility index (Phi) is 6.61. The topological polar surface area (TPSA) is 131 Å². The van der Waals surface area contributed by atoms with Gasteiger partial charge in [0.25, 0.3) is 0 Å². The summed E-state index contributed by atoms with van der Waals surface area (Å²) in [7, 11) is 0. The molecule has 1 atom stereocenters. The molecule has 20 heavy (non-hydrogen) atoms. The number of urea groups is 1. The van der Waals surface area contributed by atoms with Crippen LogP contribution in [0.2, 0.25) is 0 Å². The number of carbonyl (C=O) groups excluding carboxylic acids is 2. The van der Waals surface area contributed by atoms with Crippen molar-refractivity contribution in [3.05, 3.63) is 0 Å². The van der Waals surface area contributed by atoms with Gasteiger partial charge in [-0.3, -0.25) is 0 Å². The van der Waals surface area contributed by atoms with Crippen LogP contribution in [-0.2, 0) is 9.53 Å². The Morgan fingerprint density at radius 2 is 1.90 bits per heavy atom. The average molecular weight is 287 g/mol. The largest absolute Gasteiger partial charge is 0.480 e. The van der Waals surface area contributed by atoms with E-state index in [0.29, 0.717) is 0 Å². The highest BCUT2D eigenvalue weighted by atomic mass is 16.5. The molecule has 114 valence electrons. The summed E-state index contributed by atoms with van der Waals surface area (Å²) in [4.78, 5) is 33.1. The number of aliphatic carboxylic acids is 1. The maximum atomic E-state index is 11.6. The van der Waals surface area contributed by atoms with Crippen molar-refractivity contribution < 1.29 is 24.2 Å². The molecule has 8 nitrogen and oxygen atoms in total. The van der Waals surface area contributed by atoms with Crippen molar-refractivity contribution in [3.63, 3.8) is 0 Å². The van der Waals surface area contributed by atoms with Crippen molar-refractivity contribution in [3.8, 4) is 0 Å². The minimum absolute atomic E-state index is 0.0335. The molecule has 0 saturated heterocycles. The van der Waals surface area contributed by atoms with Crippen molar-refractivity contribution in [2.24, 2.45) is 11.7 Å². The number of nitrogens with one attached hydrogen (secondary N) is 2. The van der Waals surface area contributed by atoms with E-state index in [9.17, 15) is 19.5 Å². The van der Waals surface area contributed by atoms with Crippen LogP contribution in [0.3, 0.4) is 0 Å². The van der Waals surface area contributed by atoms with E-state index < -0.39 is 24.1 Å². The average Bonchev–Trinajstić information content (AvgIpc) is 2.41. The highest BCUT2D eigenvalue weighted by Gasteiger charge is 2.30. The van der Waals surface area contributed by atoms with Crippen molar-refractivity contribution in [2.45, 2.75) is 38.1 Å². The number of carbonyl (C=O) groups is 3. The molecule has 1 fully saturated rings. The summed E-state index contributed by atoms with van der Waals surface area (Å²) >= 11 is 0. The molecule has 0 aromatic rings. The molecule has 1 unspecified atom stereocenters. The number of rotatable bonds is 6. The molecule has 0 heterocycles. The Labute approximate surface area is 117 Å². The van der Waals surface area contributed by atoms with Crippen LogP contribution in [0, 0.1) is 5.92 Å². The van der Waals surface area contributed by atoms with Crippen molar-refractivity contribution in [2.75, 3.05) is 13.2 Å². The van der Waals surface area contributed by atoms with Gasteiger partial charge in [0.15, 0.2) is 0 Å². The molecule has 3 amide bonds. The number of carboxylic acids is 1. The van der Waals surface area contributed by atoms with E-state index in [1.807, 2.05) is 0 Å². The minimum atomic E-state index is -1.03. The minimum Gasteiger partial charge on any atom is -0.480 e. The second-order valence-electron chi connectivity index (χ2n) is 4.78. The van der Waals surface area contributed by atoms with Gasteiger partial charge in [0.2, 0.25) is 0 Å². The lowest BCUT2D eigenvalue weighted by atomic mass is 9.84. The van der Waals surface area contributed by atoms with Crippen LogP contribution in [0.1, 0.15) is 32.1 Å². The fourth-order valence-corrected chi connectivity index (χ4v) is 2.36. The summed E-state index contributed by atoms with van der Waals surface area (Å²) in [5, 5.41) is 14.1. The SMILES string of the molecule is NC(=O)OCCNC(=O)NC(C(=O)O)C1CCCCC1. The van der Waals surface area contributed by atoms with Crippen LogP contribution in [0.15, 0.2) is 0 Å². The lowest BCUT2D eigenvalue weighted by Crippen LogP contribution is -2.50. The number of nitrogens with two attached hydrogens (primary N) is 1. The molecular weight excluding hydrogens is 266 g/mol. The van der Waals surface area contributed by atoms with Crippen molar-refractivity contribution in [1.82, 2.24) is 10.6 Å². The molecule has 5 N–H and O–H groups in total. The Balaban J connectivity index is 2.35. The molecule has 1 rings (SSSR count). The maximum absolute atomic E-state index is 11.6. The third kappa shape index (κ3) is 5.77. The summed E-state index contributed by atoms with van der Waals surface area (Å²) in [5.74, 6) is -1.06. The summed E-state index contributed by atoms with van der Waals surface area (Å²) in [6.07, 6.45) is 3.79. The van der Waals surface area contributed by atoms with Gasteiger partial charge in [0.05, 0.1) is 6.54 Å². The first-order chi connectivity index (χ1) is 9.50. The number of amides is 3. The van der Waals surface area contributed by atoms with Gasteiger partial charge in [-0.2, -0.15) is 0 Å². The predicted molar refractivity (Wildman–Crippen MR) is 70.1 cm³/mol. The smallest absolute Gasteiger partial charge is 0.404 e. The van der Waals surface area contributed by atoms with E-state index in [0.717, 1.165) is 32.1 Å². The second-order valence-corrected chi connectivity index (χ2v) is 4.78. The zero-order chi connectivity index (χ0) is 15.0. The number of ether oxygens (including phenoxy) is 1. The van der Waals surface area contributed by atoms with Crippen molar-refractivity contribution in [1.29, 1.82) is 0 Å². The third-order valence-electron chi connectivity index (χ3n) is 3.31. The molecule has 0 aromatic carbocycles. The Hall–Kier alpha value is -1.99. The van der Waals surface area contributed by atoms with Crippen LogP contribution in [-0.4, -0.2) is 42.4 Å². The Morgan fingerprint density at radius 3 is 2.45 bits per heavy atom. The molecule has 0 radical (unpaired) electrons. The van der Waals surface area contributed by atoms with E-state index in [1.54, 1.807) is 0 Å². The van der Waals surface area contributed by atoms with Crippen LogP contribution in [0.4, 0.5) is 9.59 Å². The van der Waals surface area contributed by atoms with Gasteiger partial charge >= 0.3 is 18.1 Å². The van der Waals surface area contributed by atoms with E-state index in [1.165, 1.54) is 0 Å². The van der Waals surface area contributed by atoms with Gasteiger partial charge in [-0.1, -0.05) is 19.3 Å². The van der Waals surface area contributed by atoms with Crippen LogP contribution >= 0.6 is 0 Å². The fraction of sp³-hybridized carbons (Fsp3) is 0.750. The first-order valence-corrected chi connectivity index (χ1v) is 6.70. The van der Waals surface area contributed by atoms with Crippen LogP contribution in [0.25, 0.3) is 0 Å². The first kappa shape index (κ1) is 16.1. The van der Waals surface area contributed by atoms with E-state index in [-0.39, 0.29) is 19.1 Å². The highest BCUT2D eigenvalue weighted by Crippen LogP contribution is 2.26. The fourth-order valence-electron chi connectivity index (χ4n) is 2.36. The third-order valence-corrected chi connectivity index (χ3v) is 3.31. The molecule has 1 aliphatic rings. The lowest BCUT2D eigenvalue weighted by molar-refractivity contribution is -0.141. The van der Waals surface area contributed by atoms with Gasteiger partial charge in [0.1, 0.15) is 12.6 Å². The Bertz CT molecular complexity index is 355. The summed E-state index contributed by atoms with van der Waals surface area (Å²) in [6.45, 7) is 0.0235. The van der Waals surface area contributed by atoms with Crippen molar-refractivity contribution >= 4 is 18.1 Å². The van der Waals surface area contributed by atoms with Gasteiger partial charge in [-0.25, -0.2) is 14.4 Å². The van der Waals surface area contributed by atoms with Gasteiger partial charge in [-0.15, -0.1) is 0 Å². The second kappa shape index (κ2) is 8.23.